The molecule has 0 N–H and O–H groups in total. The number of nitrogens with zero attached hydrogens (tertiary/aromatic N) is 1. The van der Waals surface area contributed by atoms with Crippen LogP contribution in [0.5, 0.6) is 0 Å². The minimum Gasteiger partial charge on any atom is -0.370 e. The number of hydrogen-bond donors (Lipinski definition) is 0. The Balaban J connectivity index is 2.41. The Morgan fingerprint density at radius 1 is 1.21 bits per heavy atom. The van der Waals surface area contributed by atoms with Gasteiger partial charge in [0, 0.05) is 7.05 Å². The molecule has 1 aliphatic rings. The third kappa shape index (κ3) is 2.84. The van der Waals surface area contributed by atoms with Crippen molar-refractivity contribution in [1.82, 2.24) is 4.90 Å². The van der Waals surface area contributed by atoms with Crippen molar-refractivity contribution in [3.05, 3.63) is 58.4 Å². The van der Waals surface area contributed by atoms with Gasteiger partial charge in [0.15, 0.2) is 0 Å². The Bertz CT molecular complexity index is 514. The first kappa shape index (κ1) is 14.1. The van der Waals surface area contributed by atoms with Crippen LogP contribution in [0.1, 0.15) is 30.5 Å². The third-order valence-corrected chi connectivity index (χ3v) is 5.43. The maximum Gasteiger partial charge on any atom is 0.0814 e. The van der Waals surface area contributed by atoms with Gasteiger partial charge in [-0.25, -0.2) is 0 Å². The van der Waals surface area contributed by atoms with E-state index in [0.717, 1.165) is 6.42 Å². The van der Waals surface area contributed by atoms with Gasteiger partial charge < -0.3 is 4.90 Å². The van der Waals surface area contributed by atoms with E-state index in [-0.39, 0.29) is 0 Å². The van der Waals surface area contributed by atoms with Crippen LogP contribution in [-0.2, 0) is 0 Å². The molecule has 1 heterocycles. The van der Waals surface area contributed by atoms with Crippen LogP contribution in [0.4, 0.5) is 0 Å². The predicted molar refractivity (Wildman–Crippen MR) is 85.6 cm³/mol. The fourth-order valence-corrected chi connectivity index (χ4v) is 4.12. The summed E-state index contributed by atoms with van der Waals surface area (Å²) < 4.78 is 0. The Morgan fingerprint density at radius 2 is 1.89 bits per heavy atom. The molecule has 101 valence electrons. The van der Waals surface area contributed by atoms with Crippen LogP contribution in [0.25, 0.3) is 0 Å². The van der Waals surface area contributed by atoms with Crippen molar-refractivity contribution < 1.29 is 0 Å². The molecule has 0 saturated heterocycles. The zero-order valence-corrected chi connectivity index (χ0v) is 13.7. The van der Waals surface area contributed by atoms with Gasteiger partial charge in [-0.3, -0.25) is 0 Å². The third-order valence-electron chi connectivity index (χ3n) is 3.90. The molecule has 0 saturated carbocycles. The molecular weight excluding hydrogens is 246 g/mol. The Labute approximate surface area is 119 Å². The van der Waals surface area contributed by atoms with E-state index in [1.54, 1.807) is 10.8 Å². The van der Waals surface area contributed by atoms with E-state index in [9.17, 15) is 0 Å². The van der Waals surface area contributed by atoms with Crippen molar-refractivity contribution in [2.45, 2.75) is 39.4 Å². The number of allylic oxidation sites excluding steroid dienone is 2. The van der Waals surface area contributed by atoms with Gasteiger partial charge in [-0.05, 0) is 41.4 Å². The van der Waals surface area contributed by atoms with Crippen molar-refractivity contribution in [2.75, 3.05) is 7.05 Å². The normalized spacial score (nSPS) is 19.5. The van der Waals surface area contributed by atoms with Crippen molar-refractivity contribution in [3.8, 4) is 0 Å². The zero-order valence-electron chi connectivity index (χ0n) is 12.7. The van der Waals surface area contributed by atoms with E-state index in [0.29, 0.717) is 6.04 Å². The summed E-state index contributed by atoms with van der Waals surface area (Å²) in [6.45, 7) is 9.23. The second-order valence-electron chi connectivity index (χ2n) is 5.56. The van der Waals surface area contributed by atoms with Gasteiger partial charge in [-0.1, -0.05) is 50.4 Å². The first-order chi connectivity index (χ1) is 9.04. The van der Waals surface area contributed by atoms with Gasteiger partial charge in [0.1, 0.15) is 0 Å². The number of rotatable bonds is 3. The first-order valence-corrected chi connectivity index (χ1v) is 9.55. The number of aryl methyl sites for hydroxylation is 1. The summed E-state index contributed by atoms with van der Waals surface area (Å²) in [6.07, 6.45) is 5.98. The Hall–Kier alpha value is -1.28. The van der Waals surface area contributed by atoms with Crippen LogP contribution in [0, 0.1) is 6.92 Å². The lowest BCUT2D eigenvalue weighted by Gasteiger charge is -2.33. The average Bonchev–Trinajstić information content (AvgIpc) is 2.39. The summed E-state index contributed by atoms with van der Waals surface area (Å²) in [4.78, 5) is 2.37. The van der Waals surface area contributed by atoms with E-state index in [1.165, 1.54) is 11.1 Å². The molecule has 1 unspecified atom stereocenters. The zero-order chi connectivity index (χ0) is 14.0. The fraction of sp³-hybridized carbons (Fsp3) is 0.412. The quantitative estimate of drug-likeness (QED) is 0.731. The molecule has 0 aromatic heterocycles. The van der Waals surface area contributed by atoms with Gasteiger partial charge in [-0.2, -0.15) is 0 Å². The molecule has 19 heavy (non-hydrogen) atoms. The maximum atomic E-state index is 2.47. The molecule has 0 aliphatic carbocycles. The van der Waals surface area contributed by atoms with Crippen molar-refractivity contribution in [1.29, 1.82) is 0 Å². The maximum absolute atomic E-state index is 2.47. The Kier molecular flexibility index (Phi) is 4.30. The van der Waals surface area contributed by atoms with E-state index >= 15 is 0 Å². The number of hydrogen-bond acceptors (Lipinski definition) is 1. The lowest BCUT2D eigenvalue weighted by atomic mass is 9.95. The smallest absolute Gasteiger partial charge is 0.0814 e. The van der Waals surface area contributed by atoms with E-state index in [2.05, 4.69) is 75.4 Å². The molecule has 0 bridgehead atoms. The molecule has 0 fully saturated rings. The van der Waals surface area contributed by atoms with Crippen LogP contribution in [0.2, 0.25) is 13.1 Å². The monoisotopic (exact) mass is 270 g/mol. The van der Waals surface area contributed by atoms with Crippen LogP contribution >= 0.6 is 0 Å². The lowest BCUT2D eigenvalue weighted by molar-refractivity contribution is 0.384. The van der Waals surface area contributed by atoms with Gasteiger partial charge in [0.05, 0.1) is 14.8 Å². The molecule has 1 atom stereocenters. The van der Waals surface area contributed by atoms with Gasteiger partial charge >= 0.3 is 0 Å². The lowest BCUT2D eigenvalue weighted by Crippen LogP contribution is -2.26. The largest absolute Gasteiger partial charge is 0.370 e. The second-order valence-corrected chi connectivity index (χ2v) is 8.09. The van der Waals surface area contributed by atoms with Crippen LogP contribution in [-0.4, -0.2) is 20.7 Å². The Morgan fingerprint density at radius 3 is 2.47 bits per heavy atom. The molecular formula is C17H24NSi. The summed E-state index contributed by atoms with van der Waals surface area (Å²) in [6, 6.07) is 9.11. The van der Waals surface area contributed by atoms with Crippen molar-refractivity contribution in [3.63, 3.8) is 0 Å². The summed E-state index contributed by atoms with van der Waals surface area (Å²) in [7, 11) is 1.81. The van der Waals surface area contributed by atoms with Crippen molar-refractivity contribution >= 4 is 8.80 Å². The van der Waals surface area contributed by atoms with Crippen LogP contribution in [0.15, 0.2) is 47.3 Å². The first-order valence-electron chi connectivity index (χ1n) is 7.05. The highest BCUT2D eigenvalue weighted by Crippen LogP contribution is 2.33. The van der Waals surface area contributed by atoms with E-state index in [4.69, 9.17) is 0 Å². The fourth-order valence-electron chi connectivity index (χ4n) is 2.75. The molecule has 1 aliphatic heterocycles. The minimum atomic E-state index is -0.392. The number of benzene rings is 1. The molecule has 1 nitrogen and oxygen atoms in total. The SMILES string of the molecule is CCC1=CC(c2ccccc2C)N(C)C=C1[Si](C)C. The van der Waals surface area contributed by atoms with Gasteiger partial charge in [0.25, 0.3) is 0 Å². The molecule has 1 aromatic carbocycles. The van der Waals surface area contributed by atoms with Gasteiger partial charge in [0.2, 0.25) is 0 Å². The summed E-state index contributed by atoms with van der Waals surface area (Å²) in [5.41, 5.74) is 4.35. The summed E-state index contributed by atoms with van der Waals surface area (Å²) in [5, 5.41) is 1.58. The van der Waals surface area contributed by atoms with Crippen LogP contribution in [0.3, 0.4) is 0 Å². The highest BCUT2D eigenvalue weighted by Gasteiger charge is 2.22. The molecule has 1 aromatic rings. The van der Waals surface area contributed by atoms with Crippen molar-refractivity contribution in [2.24, 2.45) is 0 Å². The highest BCUT2D eigenvalue weighted by atomic mass is 28.3. The molecule has 2 rings (SSSR count). The highest BCUT2D eigenvalue weighted by molar-refractivity contribution is 6.65. The van der Waals surface area contributed by atoms with E-state index < -0.39 is 8.80 Å². The summed E-state index contributed by atoms with van der Waals surface area (Å²) >= 11 is 0. The van der Waals surface area contributed by atoms with E-state index in [1.807, 2.05) is 0 Å². The molecule has 0 spiro atoms. The van der Waals surface area contributed by atoms with Gasteiger partial charge in [-0.15, -0.1) is 0 Å². The van der Waals surface area contributed by atoms with Crippen LogP contribution < -0.4 is 0 Å². The molecule has 2 heteroatoms. The molecule has 0 amide bonds. The number of likely N-dealkylation sites (N-methyl/N-ethyl adjacent to an activating group) is 1. The summed E-state index contributed by atoms with van der Waals surface area (Å²) in [5.74, 6) is 0. The topological polar surface area (TPSA) is 3.24 Å². The second kappa shape index (κ2) is 5.79. The predicted octanol–water partition coefficient (Wildman–Crippen LogP) is 4.50. The standard InChI is InChI=1S/C17H24NSi/c1-6-14-11-16(15-10-8-7-9-13(15)2)18(3)12-17(14)19(4)5/h7-12,16H,6H2,1-5H3. The minimum absolute atomic E-state index is 0.390. The average molecular weight is 270 g/mol. The molecule has 1 radical (unpaired) electrons.